The molecule has 2 aromatic carbocycles. The van der Waals surface area contributed by atoms with Gasteiger partial charge in [0, 0.05) is 18.8 Å². The topological polar surface area (TPSA) is 84.7 Å². The third kappa shape index (κ3) is 3.76. The van der Waals surface area contributed by atoms with Gasteiger partial charge in [-0.25, -0.2) is 8.42 Å². The third-order valence-corrected chi connectivity index (χ3v) is 6.67. The van der Waals surface area contributed by atoms with Gasteiger partial charge in [-0.15, -0.1) is 0 Å². The van der Waals surface area contributed by atoms with Gasteiger partial charge >= 0.3 is 0 Å². The van der Waals surface area contributed by atoms with Gasteiger partial charge in [-0.1, -0.05) is 26.0 Å². The zero-order valence-electron chi connectivity index (χ0n) is 15.9. The zero-order chi connectivity index (χ0) is 19.7. The maximum absolute atomic E-state index is 12.8. The van der Waals surface area contributed by atoms with E-state index >= 15 is 0 Å². The summed E-state index contributed by atoms with van der Waals surface area (Å²) in [6.07, 6.45) is 0. The van der Waals surface area contributed by atoms with Crippen molar-refractivity contribution >= 4 is 32.8 Å². The molecule has 3 aromatic rings. The van der Waals surface area contributed by atoms with E-state index in [4.69, 9.17) is 9.15 Å². The summed E-state index contributed by atoms with van der Waals surface area (Å²) in [5.74, 6) is 0.415. The molecule has 1 aliphatic rings. The monoisotopic (exact) mass is 401 g/mol. The smallest absolute Gasteiger partial charge is 0.300 e. The molecule has 1 N–H and O–H groups in total. The molecule has 0 bridgehead atoms. The fraction of sp³-hybridized carbons (Fsp3) is 0.350. The molecule has 1 fully saturated rings. The van der Waals surface area contributed by atoms with Crippen molar-refractivity contribution in [2.75, 3.05) is 31.6 Å². The number of morpholine rings is 1. The van der Waals surface area contributed by atoms with Crippen LogP contribution in [0, 0.1) is 0 Å². The number of oxazole rings is 1. The number of anilines is 2. The molecule has 2 heterocycles. The molecule has 0 amide bonds. The molecule has 148 valence electrons. The molecule has 1 aromatic heterocycles. The second-order valence-corrected chi connectivity index (χ2v) is 9.01. The van der Waals surface area contributed by atoms with Gasteiger partial charge in [-0.3, -0.25) is 0 Å². The number of ether oxygens (including phenoxy) is 1. The molecule has 8 heteroatoms. The largest absolute Gasteiger partial charge is 0.423 e. The van der Waals surface area contributed by atoms with Crippen LogP contribution in [0.15, 0.2) is 51.8 Å². The third-order valence-electron chi connectivity index (χ3n) is 4.77. The number of nitrogens with zero attached hydrogens (tertiary/aromatic N) is 2. The van der Waals surface area contributed by atoms with Gasteiger partial charge in [0.2, 0.25) is 10.0 Å². The van der Waals surface area contributed by atoms with Crippen molar-refractivity contribution < 1.29 is 17.6 Å². The highest BCUT2D eigenvalue weighted by Gasteiger charge is 2.27. The Morgan fingerprint density at radius 1 is 1.11 bits per heavy atom. The van der Waals surface area contributed by atoms with Crippen molar-refractivity contribution in [2.45, 2.75) is 24.7 Å². The highest BCUT2D eigenvalue weighted by molar-refractivity contribution is 7.89. The van der Waals surface area contributed by atoms with Gasteiger partial charge in [0.05, 0.1) is 18.1 Å². The number of rotatable bonds is 5. The maximum atomic E-state index is 12.8. The lowest BCUT2D eigenvalue weighted by Crippen LogP contribution is -2.40. The van der Waals surface area contributed by atoms with Gasteiger partial charge in [0.1, 0.15) is 5.52 Å². The van der Waals surface area contributed by atoms with Crippen LogP contribution in [0.2, 0.25) is 0 Å². The Balaban J connectivity index is 1.61. The average molecular weight is 401 g/mol. The Morgan fingerprint density at radius 2 is 1.89 bits per heavy atom. The van der Waals surface area contributed by atoms with E-state index in [-0.39, 0.29) is 4.90 Å². The quantitative estimate of drug-likeness (QED) is 0.701. The first-order valence-electron chi connectivity index (χ1n) is 9.29. The van der Waals surface area contributed by atoms with E-state index in [1.165, 1.54) is 9.87 Å². The predicted molar refractivity (Wildman–Crippen MR) is 107 cm³/mol. The van der Waals surface area contributed by atoms with E-state index in [9.17, 15) is 8.42 Å². The lowest BCUT2D eigenvalue weighted by atomic mass is 10.0. The van der Waals surface area contributed by atoms with Crippen LogP contribution in [0.1, 0.15) is 25.3 Å². The number of nitrogens with one attached hydrogen (secondary N) is 1. The number of fused-ring (bicyclic) bond motifs is 1. The molecule has 0 aliphatic carbocycles. The van der Waals surface area contributed by atoms with E-state index in [0.29, 0.717) is 49.3 Å². The Bertz CT molecular complexity index is 1090. The van der Waals surface area contributed by atoms with Crippen molar-refractivity contribution in [3.05, 3.63) is 48.0 Å². The van der Waals surface area contributed by atoms with Crippen LogP contribution >= 0.6 is 0 Å². The highest BCUT2D eigenvalue weighted by atomic mass is 32.2. The number of hydrogen-bond donors (Lipinski definition) is 1. The first-order chi connectivity index (χ1) is 13.4. The van der Waals surface area contributed by atoms with E-state index < -0.39 is 10.0 Å². The number of hydrogen-bond acceptors (Lipinski definition) is 6. The normalized spacial score (nSPS) is 16.0. The molecule has 0 radical (unpaired) electrons. The Labute approximate surface area is 164 Å². The summed E-state index contributed by atoms with van der Waals surface area (Å²) in [4.78, 5) is 4.63. The van der Waals surface area contributed by atoms with E-state index in [0.717, 1.165) is 5.69 Å². The summed E-state index contributed by atoms with van der Waals surface area (Å²) in [6, 6.07) is 13.1. The number of benzene rings is 2. The molecule has 0 saturated carbocycles. The summed E-state index contributed by atoms with van der Waals surface area (Å²) in [5, 5.41) is 3.16. The highest BCUT2D eigenvalue weighted by Crippen LogP contribution is 2.27. The molecule has 1 aliphatic heterocycles. The molecule has 1 saturated heterocycles. The van der Waals surface area contributed by atoms with E-state index in [1.54, 1.807) is 18.2 Å². The Hall–Kier alpha value is -2.42. The van der Waals surface area contributed by atoms with Crippen LogP contribution < -0.4 is 5.32 Å². The summed E-state index contributed by atoms with van der Waals surface area (Å²) in [6.45, 7) is 5.81. The molecular weight excluding hydrogens is 378 g/mol. The molecule has 4 rings (SSSR count). The van der Waals surface area contributed by atoms with Gasteiger partial charge in [-0.05, 0) is 41.8 Å². The minimum absolute atomic E-state index is 0.212. The summed E-state index contributed by atoms with van der Waals surface area (Å²) in [7, 11) is -3.57. The molecular formula is C20H23N3O4S. The SMILES string of the molecule is CC(C)c1cccc(Nc2nc3cc(S(=O)(=O)N4CCOCC4)ccc3o2)c1. The molecule has 0 atom stereocenters. The van der Waals surface area contributed by atoms with Crippen molar-refractivity contribution in [2.24, 2.45) is 0 Å². The van der Waals surface area contributed by atoms with Crippen LogP contribution in [-0.4, -0.2) is 44.0 Å². The predicted octanol–water partition coefficient (Wildman–Crippen LogP) is 3.72. The second-order valence-electron chi connectivity index (χ2n) is 7.07. The summed E-state index contributed by atoms with van der Waals surface area (Å²) < 4.78 is 38.1. The van der Waals surface area contributed by atoms with E-state index in [2.05, 4.69) is 30.2 Å². The van der Waals surface area contributed by atoms with Gasteiger partial charge < -0.3 is 14.5 Å². The van der Waals surface area contributed by atoms with Gasteiger partial charge in [-0.2, -0.15) is 9.29 Å². The second kappa shape index (κ2) is 7.54. The average Bonchev–Trinajstić information content (AvgIpc) is 3.10. The minimum atomic E-state index is -3.57. The van der Waals surface area contributed by atoms with Crippen LogP contribution in [0.4, 0.5) is 11.7 Å². The van der Waals surface area contributed by atoms with Crippen molar-refractivity contribution in [3.8, 4) is 0 Å². The first kappa shape index (κ1) is 18.9. The Kier molecular flexibility index (Phi) is 5.09. The summed E-state index contributed by atoms with van der Waals surface area (Å²) >= 11 is 0. The van der Waals surface area contributed by atoms with Crippen LogP contribution in [0.5, 0.6) is 0 Å². The molecule has 0 spiro atoms. The van der Waals surface area contributed by atoms with Crippen molar-refractivity contribution in [3.63, 3.8) is 0 Å². The lowest BCUT2D eigenvalue weighted by Gasteiger charge is -2.25. The number of sulfonamides is 1. The number of aromatic nitrogens is 1. The van der Waals surface area contributed by atoms with Crippen molar-refractivity contribution in [1.82, 2.24) is 9.29 Å². The first-order valence-corrected chi connectivity index (χ1v) is 10.7. The minimum Gasteiger partial charge on any atom is -0.423 e. The molecule has 7 nitrogen and oxygen atoms in total. The maximum Gasteiger partial charge on any atom is 0.300 e. The van der Waals surface area contributed by atoms with Crippen LogP contribution in [0.3, 0.4) is 0 Å². The molecule has 28 heavy (non-hydrogen) atoms. The molecule has 0 unspecified atom stereocenters. The fourth-order valence-corrected chi connectivity index (χ4v) is 4.58. The van der Waals surface area contributed by atoms with Gasteiger partial charge in [0.15, 0.2) is 5.58 Å². The lowest BCUT2D eigenvalue weighted by molar-refractivity contribution is 0.0730. The Morgan fingerprint density at radius 3 is 2.64 bits per heavy atom. The zero-order valence-corrected chi connectivity index (χ0v) is 16.7. The summed E-state index contributed by atoms with van der Waals surface area (Å²) in [5.41, 5.74) is 3.11. The van der Waals surface area contributed by atoms with E-state index in [1.807, 2.05) is 18.2 Å². The van der Waals surface area contributed by atoms with Crippen LogP contribution in [-0.2, 0) is 14.8 Å². The van der Waals surface area contributed by atoms with Crippen LogP contribution in [0.25, 0.3) is 11.1 Å². The standard InChI is InChI=1S/C20H23N3O4S/c1-14(2)15-4-3-5-16(12-15)21-20-22-18-13-17(6-7-19(18)27-20)28(24,25)23-8-10-26-11-9-23/h3-7,12-14H,8-11H2,1-2H3,(H,21,22). The van der Waals surface area contributed by atoms with Crippen molar-refractivity contribution in [1.29, 1.82) is 0 Å². The van der Waals surface area contributed by atoms with Gasteiger partial charge in [0.25, 0.3) is 6.01 Å². The fourth-order valence-electron chi connectivity index (χ4n) is 3.16.